The summed E-state index contributed by atoms with van der Waals surface area (Å²) in [6.07, 6.45) is -0.628. The summed E-state index contributed by atoms with van der Waals surface area (Å²) in [5.41, 5.74) is 0.861. The van der Waals surface area contributed by atoms with Gasteiger partial charge in [0.25, 0.3) is 0 Å². The van der Waals surface area contributed by atoms with Crippen LogP contribution < -0.4 is 10.1 Å². The molecule has 1 unspecified atom stereocenters. The zero-order valence-electron chi connectivity index (χ0n) is 12.2. The topological polar surface area (TPSA) is 50.8 Å². The molecule has 0 aromatic heterocycles. The van der Waals surface area contributed by atoms with Gasteiger partial charge in [-0.3, -0.25) is 0 Å². The van der Waals surface area contributed by atoms with Crippen molar-refractivity contribution in [2.45, 2.75) is 20.0 Å². The lowest BCUT2D eigenvalue weighted by molar-refractivity contribution is -0.150. The highest BCUT2D eigenvalue weighted by Gasteiger charge is 2.15. The van der Waals surface area contributed by atoms with Crippen molar-refractivity contribution in [1.82, 2.24) is 4.90 Å². The monoisotopic (exact) mass is 296 g/mol. The average Bonchev–Trinajstić information content (AvgIpc) is 2.41. The molecule has 0 aliphatic rings. The Balaban J connectivity index is 2.58. The molecule has 110 valence electrons. The van der Waals surface area contributed by atoms with E-state index in [4.69, 9.17) is 21.7 Å². The van der Waals surface area contributed by atoms with Gasteiger partial charge in [0.1, 0.15) is 5.75 Å². The zero-order valence-corrected chi connectivity index (χ0v) is 13.0. The van der Waals surface area contributed by atoms with Crippen molar-refractivity contribution < 1.29 is 14.3 Å². The van der Waals surface area contributed by atoms with Crippen LogP contribution in [0.5, 0.6) is 5.75 Å². The molecule has 0 amide bonds. The molecule has 0 saturated heterocycles. The minimum absolute atomic E-state index is 0.345. The SMILES string of the molecule is CCOC(=O)C(C)Oc1ccc(NC(=S)N(C)C)cc1. The molecule has 0 aliphatic heterocycles. The molecule has 1 aromatic carbocycles. The number of carbonyl (C=O) groups excluding carboxylic acids is 1. The maximum Gasteiger partial charge on any atom is 0.347 e. The van der Waals surface area contributed by atoms with E-state index in [9.17, 15) is 4.79 Å². The van der Waals surface area contributed by atoms with Gasteiger partial charge in [-0.1, -0.05) is 0 Å². The Morgan fingerprint density at radius 1 is 1.35 bits per heavy atom. The maximum absolute atomic E-state index is 11.5. The second-order valence-electron chi connectivity index (χ2n) is 4.36. The maximum atomic E-state index is 11.5. The number of hydrogen-bond donors (Lipinski definition) is 1. The van der Waals surface area contributed by atoms with Crippen molar-refractivity contribution in [2.75, 3.05) is 26.0 Å². The molecule has 20 heavy (non-hydrogen) atoms. The highest BCUT2D eigenvalue weighted by atomic mass is 32.1. The van der Waals surface area contributed by atoms with Crippen LogP contribution in [0.4, 0.5) is 5.69 Å². The van der Waals surface area contributed by atoms with Crippen LogP contribution in [0.25, 0.3) is 0 Å². The van der Waals surface area contributed by atoms with E-state index in [-0.39, 0.29) is 5.97 Å². The van der Waals surface area contributed by atoms with Crippen molar-refractivity contribution in [3.05, 3.63) is 24.3 Å². The van der Waals surface area contributed by atoms with Gasteiger partial charge >= 0.3 is 5.97 Å². The summed E-state index contributed by atoms with van der Waals surface area (Å²) in [5.74, 6) is 0.232. The Bertz CT molecular complexity index is 460. The van der Waals surface area contributed by atoms with Crippen molar-refractivity contribution >= 4 is 29.0 Å². The molecular formula is C14H20N2O3S. The first-order valence-electron chi connectivity index (χ1n) is 6.35. The molecular weight excluding hydrogens is 276 g/mol. The molecule has 0 heterocycles. The Labute approximate surface area is 124 Å². The minimum atomic E-state index is -0.628. The molecule has 0 spiro atoms. The Kier molecular flexibility index (Phi) is 6.24. The van der Waals surface area contributed by atoms with Crippen molar-refractivity contribution in [1.29, 1.82) is 0 Å². The predicted octanol–water partition coefficient (Wildman–Crippen LogP) is 2.28. The molecule has 6 heteroatoms. The first kappa shape index (κ1) is 16.2. The van der Waals surface area contributed by atoms with Crippen LogP contribution in [-0.2, 0) is 9.53 Å². The number of anilines is 1. The van der Waals surface area contributed by atoms with E-state index in [0.717, 1.165) is 5.69 Å². The number of thiocarbonyl (C=S) groups is 1. The highest BCUT2D eigenvalue weighted by Crippen LogP contribution is 2.17. The second-order valence-corrected chi connectivity index (χ2v) is 4.75. The number of benzene rings is 1. The molecule has 0 radical (unpaired) electrons. The lowest BCUT2D eigenvalue weighted by Crippen LogP contribution is -2.27. The molecule has 1 rings (SSSR count). The fourth-order valence-corrected chi connectivity index (χ4v) is 1.48. The van der Waals surface area contributed by atoms with Gasteiger partial charge in [-0.05, 0) is 50.3 Å². The number of hydrogen-bond acceptors (Lipinski definition) is 4. The molecule has 1 N–H and O–H groups in total. The third-order valence-corrected chi connectivity index (χ3v) is 2.91. The van der Waals surface area contributed by atoms with Crippen LogP contribution >= 0.6 is 12.2 Å². The fourth-order valence-electron chi connectivity index (χ4n) is 1.36. The second kappa shape index (κ2) is 7.69. The van der Waals surface area contributed by atoms with E-state index in [0.29, 0.717) is 17.5 Å². The molecule has 0 bridgehead atoms. The van der Waals surface area contributed by atoms with E-state index in [1.165, 1.54) is 0 Å². The number of ether oxygens (including phenoxy) is 2. The Morgan fingerprint density at radius 3 is 2.45 bits per heavy atom. The summed E-state index contributed by atoms with van der Waals surface area (Å²) in [7, 11) is 3.74. The normalized spacial score (nSPS) is 11.4. The fraction of sp³-hybridized carbons (Fsp3) is 0.429. The third-order valence-electron chi connectivity index (χ3n) is 2.44. The lowest BCUT2D eigenvalue weighted by Gasteiger charge is -2.16. The van der Waals surface area contributed by atoms with Crippen LogP contribution in [0.15, 0.2) is 24.3 Å². The van der Waals surface area contributed by atoms with E-state index in [1.807, 2.05) is 31.1 Å². The molecule has 1 aromatic rings. The van der Waals surface area contributed by atoms with Crippen LogP contribution in [0.3, 0.4) is 0 Å². The molecule has 0 saturated carbocycles. The predicted molar refractivity (Wildman–Crippen MR) is 83.1 cm³/mol. The smallest absolute Gasteiger partial charge is 0.347 e. The number of esters is 1. The van der Waals surface area contributed by atoms with Crippen LogP contribution in [0, 0.1) is 0 Å². The number of nitrogens with one attached hydrogen (secondary N) is 1. The minimum Gasteiger partial charge on any atom is -0.479 e. The van der Waals surface area contributed by atoms with Crippen molar-refractivity contribution in [3.63, 3.8) is 0 Å². The molecule has 1 atom stereocenters. The van der Waals surface area contributed by atoms with Crippen molar-refractivity contribution in [3.8, 4) is 5.75 Å². The van der Waals surface area contributed by atoms with Gasteiger partial charge in [0.05, 0.1) is 6.61 Å². The molecule has 0 fully saturated rings. The van der Waals surface area contributed by atoms with Gasteiger partial charge in [-0.25, -0.2) is 4.79 Å². The Morgan fingerprint density at radius 2 is 1.95 bits per heavy atom. The van der Waals surface area contributed by atoms with Crippen molar-refractivity contribution in [2.24, 2.45) is 0 Å². The molecule has 0 aliphatic carbocycles. The number of rotatable bonds is 5. The average molecular weight is 296 g/mol. The van der Waals surface area contributed by atoms with Crippen LogP contribution in [0.1, 0.15) is 13.8 Å². The first-order valence-corrected chi connectivity index (χ1v) is 6.76. The molecule has 5 nitrogen and oxygen atoms in total. The van der Waals surface area contributed by atoms with Gasteiger partial charge in [-0.15, -0.1) is 0 Å². The van der Waals surface area contributed by atoms with Crippen LogP contribution in [-0.4, -0.2) is 42.8 Å². The van der Waals surface area contributed by atoms with E-state index in [1.54, 1.807) is 26.0 Å². The number of carbonyl (C=O) groups is 1. The number of nitrogens with zero attached hydrogens (tertiary/aromatic N) is 1. The largest absolute Gasteiger partial charge is 0.479 e. The summed E-state index contributed by atoms with van der Waals surface area (Å²) in [4.78, 5) is 13.3. The summed E-state index contributed by atoms with van der Waals surface area (Å²) in [6, 6.07) is 7.22. The first-order chi connectivity index (χ1) is 9.43. The summed E-state index contributed by atoms with van der Waals surface area (Å²) < 4.78 is 10.4. The lowest BCUT2D eigenvalue weighted by atomic mass is 10.3. The zero-order chi connectivity index (χ0) is 15.1. The van der Waals surface area contributed by atoms with Gasteiger partial charge in [-0.2, -0.15) is 0 Å². The third kappa shape index (κ3) is 5.05. The summed E-state index contributed by atoms with van der Waals surface area (Å²) >= 11 is 5.15. The van der Waals surface area contributed by atoms with Gasteiger partial charge < -0.3 is 19.7 Å². The Hall–Kier alpha value is -1.82. The van der Waals surface area contributed by atoms with Crippen LogP contribution in [0.2, 0.25) is 0 Å². The highest BCUT2D eigenvalue weighted by molar-refractivity contribution is 7.80. The van der Waals surface area contributed by atoms with Gasteiger partial charge in [0.2, 0.25) is 0 Å². The van der Waals surface area contributed by atoms with E-state index in [2.05, 4.69) is 5.32 Å². The van der Waals surface area contributed by atoms with E-state index < -0.39 is 6.10 Å². The van der Waals surface area contributed by atoms with Gasteiger partial charge in [0, 0.05) is 19.8 Å². The van der Waals surface area contributed by atoms with E-state index >= 15 is 0 Å². The summed E-state index contributed by atoms with van der Waals surface area (Å²) in [5, 5.41) is 3.70. The quantitative estimate of drug-likeness (QED) is 0.664. The standard InChI is InChI=1S/C14H20N2O3S/c1-5-18-13(17)10(2)19-12-8-6-11(7-9-12)15-14(20)16(3)4/h6-10H,5H2,1-4H3,(H,15,20). The summed E-state index contributed by atoms with van der Waals surface area (Å²) in [6.45, 7) is 3.77. The van der Waals surface area contributed by atoms with Gasteiger partial charge in [0.15, 0.2) is 11.2 Å².